The molecule has 2 saturated heterocycles. The van der Waals surface area contributed by atoms with Gasteiger partial charge in [0.25, 0.3) is 0 Å². The van der Waals surface area contributed by atoms with E-state index in [9.17, 15) is 14.7 Å². The fourth-order valence-electron chi connectivity index (χ4n) is 4.26. The van der Waals surface area contributed by atoms with Gasteiger partial charge in [-0.2, -0.15) is 0 Å². The van der Waals surface area contributed by atoms with Crippen molar-refractivity contribution in [3.63, 3.8) is 0 Å². The molecule has 0 spiro atoms. The van der Waals surface area contributed by atoms with E-state index in [0.717, 1.165) is 0 Å². The summed E-state index contributed by atoms with van der Waals surface area (Å²) < 4.78 is 22.3. The van der Waals surface area contributed by atoms with Gasteiger partial charge in [0.15, 0.2) is 6.10 Å². The number of methoxy groups -OCH3 is 1. The molecule has 1 N–H and O–H groups in total. The standard InChI is InChI=1S/C17H26O7/c1-16(2)9(5-6-17(16,3)15(19)20)14(18)24-11-8-23-12-10(21-4)7-22-13(11)12/h9-13H,5-8H2,1-4H3,(H,19,20)/t9?,10-,11+,12+,13+,17?/m0/s1. The normalized spacial score (nSPS) is 43.6. The predicted octanol–water partition coefficient (Wildman–Crippen LogP) is 1.24. The van der Waals surface area contributed by atoms with E-state index in [2.05, 4.69) is 0 Å². The number of hydrogen-bond acceptors (Lipinski definition) is 6. The fourth-order valence-corrected chi connectivity index (χ4v) is 4.26. The van der Waals surface area contributed by atoms with Crippen LogP contribution in [0, 0.1) is 16.7 Å². The van der Waals surface area contributed by atoms with Gasteiger partial charge in [-0.05, 0) is 25.2 Å². The van der Waals surface area contributed by atoms with Gasteiger partial charge < -0.3 is 24.1 Å². The van der Waals surface area contributed by atoms with Gasteiger partial charge in [0.2, 0.25) is 0 Å². The van der Waals surface area contributed by atoms with E-state index in [1.807, 2.05) is 13.8 Å². The largest absolute Gasteiger partial charge is 0.481 e. The Labute approximate surface area is 141 Å². The molecule has 3 aliphatic rings. The monoisotopic (exact) mass is 342 g/mol. The van der Waals surface area contributed by atoms with E-state index in [1.165, 1.54) is 0 Å². The second-order valence-electron chi connectivity index (χ2n) is 7.80. The second-order valence-corrected chi connectivity index (χ2v) is 7.80. The molecule has 136 valence electrons. The van der Waals surface area contributed by atoms with Crippen LogP contribution in [0.4, 0.5) is 0 Å². The first-order chi connectivity index (χ1) is 11.2. The number of rotatable bonds is 4. The summed E-state index contributed by atoms with van der Waals surface area (Å²) >= 11 is 0. The molecular weight excluding hydrogens is 316 g/mol. The lowest BCUT2D eigenvalue weighted by Crippen LogP contribution is -2.44. The molecule has 1 aliphatic carbocycles. The lowest BCUT2D eigenvalue weighted by Gasteiger charge is -2.37. The Morgan fingerprint density at radius 3 is 2.21 bits per heavy atom. The van der Waals surface area contributed by atoms with Crippen LogP contribution in [0.1, 0.15) is 33.6 Å². The van der Waals surface area contributed by atoms with Crippen LogP contribution < -0.4 is 0 Å². The molecule has 7 heteroatoms. The van der Waals surface area contributed by atoms with Gasteiger partial charge in [-0.15, -0.1) is 0 Å². The minimum absolute atomic E-state index is 0.142. The summed E-state index contributed by atoms with van der Waals surface area (Å²) in [7, 11) is 1.60. The lowest BCUT2D eigenvalue weighted by atomic mass is 9.66. The number of carbonyl (C=O) groups is 2. The van der Waals surface area contributed by atoms with Crippen LogP contribution in [0.5, 0.6) is 0 Å². The summed E-state index contributed by atoms with van der Waals surface area (Å²) in [4.78, 5) is 24.4. The van der Waals surface area contributed by atoms with Crippen molar-refractivity contribution in [1.29, 1.82) is 0 Å². The quantitative estimate of drug-likeness (QED) is 0.769. The van der Waals surface area contributed by atoms with Crippen LogP contribution in [-0.4, -0.2) is 61.8 Å². The molecular formula is C17H26O7. The molecule has 0 aromatic heterocycles. The third kappa shape index (κ3) is 2.45. The van der Waals surface area contributed by atoms with Crippen molar-refractivity contribution in [3.8, 4) is 0 Å². The zero-order valence-corrected chi connectivity index (χ0v) is 14.6. The van der Waals surface area contributed by atoms with Crippen LogP contribution >= 0.6 is 0 Å². The van der Waals surface area contributed by atoms with E-state index in [-0.39, 0.29) is 30.9 Å². The molecule has 3 fully saturated rings. The molecule has 0 bridgehead atoms. The lowest BCUT2D eigenvalue weighted by molar-refractivity contribution is -0.166. The number of ether oxygens (including phenoxy) is 4. The molecule has 2 aliphatic heterocycles. The number of carboxylic acids is 1. The molecule has 3 rings (SSSR count). The summed E-state index contributed by atoms with van der Waals surface area (Å²) in [6, 6.07) is 0. The zero-order valence-electron chi connectivity index (χ0n) is 14.6. The van der Waals surface area contributed by atoms with Crippen molar-refractivity contribution < 1.29 is 33.6 Å². The Bertz CT molecular complexity index is 531. The Kier molecular flexibility index (Phi) is 4.38. The molecule has 0 aromatic rings. The highest BCUT2D eigenvalue weighted by Crippen LogP contribution is 2.56. The highest BCUT2D eigenvalue weighted by Gasteiger charge is 2.59. The van der Waals surface area contributed by atoms with Gasteiger partial charge in [0, 0.05) is 7.11 Å². The highest BCUT2D eigenvalue weighted by molar-refractivity contribution is 5.81. The van der Waals surface area contributed by atoms with Gasteiger partial charge in [0.1, 0.15) is 18.3 Å². The van der Waals surface area contributed by atoms with E-state index >= 15 is 0 Å². The third-order valence-electron chi connectivity index (χ3n) is 6.52. The predicted molar refractivity (Wildman–Crippen MR) is 82.4 cm³/mol. The minimum Gasteiger partial charge on any atom is -0.481 e. The van der Waals surface area contributed by atoms with E-state index in [0.29, 0.717) is 19.4 Å². The van der Waals surface area contributed by atoms with E-state index in [4.69, 9.17) is 18.9 Å². The van der Waals surface area contributed by atoms with Crippen LogP contribution in [0.25, 0.3) is 0 Å². The van der Waals surface area contributed by atoms with Crippen LogP contribution in [0.15, 0.2) is 0 Å². The van der Waals surface area contributed by atoms with E-state index < -0.39 is 28.8 Å². The average Bonchev–Trinajstić information content (AvgIpc) is 3.14. The summed E-state index contributed by atoms with van der Waals surface area (Å²) in [5, 5.41) is 9.57. The topological polar surface area (TPSA) is 91.3 Å². The molecule has 2 unspecified atom stereocenters. The fraction of sp³-hybridized carbons (Fsp3) is 0.882. The third-order valence-corrected chi connectivity index (χ3v) is 6.52. The summed E-state index contributed by atoms with van der Waals surface area (Å²) in [6.45, 7) is 6.08. The van der Waals surface area contributed by atoms with Crippen molar-refractivity contribution in [1.82, 2.24) is 0 Å². The number of carbonyl (C=O) groups excluding carboxylic acids is 1. The molecule has 2 heterocycles. The molecule has 0 aromatic carbocycles. The van der Waals surface area contributed by atoms with Crippen LogP contribution in [0.3, 0.4) is 0 Å². The number of hydrogen-bond donors (Lipinski definition) is 1. The van der Waals surface area contributed by atoms with Crippen molar-refractivity contribution in [2.24, 2.45) is 16.7 Å². The van der Waals surface area contributed by atoms with Gasteiger partial charge in [0.05, 0.1) is 24.5 Å². The number of esters is 1. The number of carboxylic acid groups (broad SMARTS) is 1. The summed E-state index contributed by atoms with van der Waals surface area (Å²) in [5.74, 6) is -1.67. The first-order valence-corrected chi connectivity index (χ1v) is 8.42. The van der Waals surface area contributed by atoms with Crippen LogP contribution in [0.2, 0.25) is 0 Å². The van der Waals surface area contributed by atoms with Gasteiger partial charge in [-0.1, -0.05) is 13.8 Å². The minimum atomic E-state index is -0.934. The van der Waals surface area contributed by atoms with Gasteiger partial charge in [-0.25, -0.2) is 0 Å². The SMILES string of the molecule is CO[C@H]1CO[C@H]2[C@@H]1OC[C@H]2OC(=O)C1CCC(C)(C(=O)O)C1(C)C. The molecule has 24 heavy (non-hydrogen) atoms. The van der Waals surface area contributed by atoms with Crippen molar-refractivity contribution in [2.45, 2.75) is 58.0 Å². The first kappa shape index (κ1) is 17.6. The highest BCUT2D eigenvalue weighted by atomic mass is 16.7. The Hall–Kier alpha value is -1.18. The van der Waals surface area contributed by atoms with Gasteiger partial charge >= 0.3 is 11.9 Å². The number of fused-ring (bicyclic) bond motifs is 1. The van der Waals surface area contributed by atoms with Crippen LogP contribution in [-0.2, 0) is 28.5 Å². The first-order valence-electron chi connectivity index (χ1n) is 8.42. The Balaban J connectivity index is 1.67. The molecule has 1 saturated carbocycles. The summed E-state index contributed by atoms with van der Waals surface area (Å²) in [6.07, 6.45) is -0.155. The molecule has 0 radical (unpaired) electrons. The smallest absolute Gasteiger partial charge is 0.309 e. The molecule has 0 amide bonds. The Morgan fingerprint density at radius 2 is 1.67 bits per heavy atom. The van der Waals surface area contributed by atoms with Gasteiger partial charge in [-0.3, -0.25) is 9.59 Å². The molecule has 7 nitrogen and oxygen atoms in total. The maximum absolute atomic E-state index is 12.7. The maximum atomic E-state index is 12.7. The molecule has 6 atom stereocenters. The number of aliphatic carboxylic acids is 1. The second kappa shape index (κ2) is 5.97. The maximum Gasteiger partial charge on any atom is 0.309 e. The van der Waals surface area contributed by atoms with Crippen molar-refractivity contribution >= 4 is 11.9 Å². The summed E-state index contributed by atoms with van der Waals surface area (Å²) in [5.41, 5.74) is -1.61. The van der Waals surface area contributed by atoms with Crippen molar-refractivity contribution in [3.05, 3.63) is 0 Å². The average molecular weight is 342 g/mol. The zero-order chi connectivity index (χ0) is 17.7. The van der Waals surface area contributed by atoms with E-state index in [1.54, 1.807) is 14.0 Å². The van der Waals surface area contributed by atoms with Crippen molar-refractivity contribution in [2.75, 3.05) is 20.3 Å². The Morgan fingerprint density at radius 1 is 1.08 bits per heavy atom.